The lowest BCUT2D eigenvalue weighted by Gasteiger charge is -2.35. The molecule has 3 aromatic rings. The van der Waals surface area contributed by atoms with Gasteiger partial charge in [0.2, 0.25) is 5.91 Å². The van der Waals surface area contributed by atoms with E-state index in [4.69, 9.17) is 4.74 Å². The molecular formula is C32H37N3O4S. The van der Waals surface area contributed by atoms with Crippen molar-refractivity contribution in [3.05, 3.63) is 84.4 Å². The van der Waals surface area contributed by atoms with Crippen LogP contribution in [0.25, 0.3) is 16.8 Å². The van der Waals surface area contributed by atoms with Gasteiger partial charge >= 0.3 is 6.09 Å². The fourth-order valence-electron chi connectivity index (χ4n) is 4.76. The van der Waals surface area contributed by atoms with Gasteiger partial charge in [-0.05, 0) is 73.2 Å². The minimum atomic E-state index is -0.982. The summed E-state index contributed by atoms with van der Waals surface area (Å²) in [5.74, 6) is -0.497. The van der Waals surface area contributed by atoms with Gasteiger partial charge in [0.15, 0.2) is 0 Å². The van der Waals surface area contributed by atoms with E-state index >= 15 is 0 Å². The van der Waals surface area contributed by atoms with Crippen LogP contribution >= 0.6 is 12.6 Å². The molecule has 0 heterocycles. The Hall–Kier alpha value is -3.78. The summed E-state index contributed by atoms with van der Waals surface area (Å²) in [4.78, 5) is 42.4. The molecule has 3 amide bonds. The molecule has 0 spiro atoms. The van der Waals surface area contributed by atoms with E-state index in [9.17, 15) is 14.4 Å². The van der Waals surface area contributed by atoms with Crippen molar-refractivity contribution in [2.45, 2.75) is 57.8 Å². The maximum absolute atomic E-state index is 14.1. The topological polar surface area (TPSA) is 87.7 Å². The number of carbonyl (C=O) groups is 3. The highest BCUT2D eigenvalue weighted by Gasteiger charge is 2.48. The Balaban J connectivity index is 1.71. The molecule has 4 rings (SSSR count). The van der Waals surface area contributed by atoms with Crippen molar-refractivity contribution in [2.24, 2.45) is 5.92 Å². The van der Waals surface area contributed by atoms with E-state index in [0.717, 1.165) is 22.8 Å². The Morgan fingerprint density at radius 2 is 1.77 bits per heavy atom. The lowest BCUT2D eigenvalue weighted by molar-refractivity contribution is -0.141. The first-order chi connectivity index (χ1) is 19.0. The first-order valence-electron chi connectivity index (χ1n) is 13.5. The number of alkyl carbamates (subject to hydrolysis) is 1. The predicted molar refractivity (Wildman–Crippen MR) is 163 cm³/mol. The Morgan fingerprint density at radius 1 is 1.07 bits per heavy atom. The lowest BCUT2D eigenvalue weighted by Crippen LogP contribution is -2.54. The van der Waals surface area contributed by atoms with Crippen LogP contribution < -0.4 is 10.6 Å². The highest BCUT2D eigenvalue weighted by molar-refractivity contribution is 7.80. The SMILES string of the molecule is C=Cc1cccc(C(C(=O)Nc2ccc3ccccc3c2)N(C(=O)C(CS)NC(=O)OC(C)(C)C)C2CC2C)c1. The van der Waals surface area contributed by atoms with Crippen LogP contribution in [-0.4, -0.2) is 46.2 Å². The molecule has 3 aromatic carbocycles. The van der Waals surface area contributed by atoms with Gasteiger partial charge in [0.05, 0.1) is 0 Å². The molecule has 0 saturated heterocycles. The molecule has 1 saturated carbocycles. The minimum absolute atomic E-state index is 0.0430. The Morgan fingerprint density at radius 3 is 2.40 bits per heavy atom. The fraction of sp³-hybridized carbons (Fsp3) is 0.344. The Kier molecular flexibility index (Phi) is 8.88. The smallest absolute Gasteiger partial charge is 0.408 e. The normalized spacial score (nSPS) is 17.8. The van der Waals surface area contributed by atoms with Crippen LogP contribution in [0, 0.1) is 5.92 Å². The third-order valence-electron chi connectivity index (χ3n) is 6.86. The number of hydrogen-bond donors (Lipinski definition) is 3. The van der Waals surface area contributed by atoms with Gasteiger partial charge in [0.25, 0.3) is 5.91 Å². The molecule has 8 heteroatoms. The molecule has 1 aliphatic carbocycles. The molecule has 40 heavy (non-hydrogen) atoms. The highest BCUT2D eigenvalue weighted by atomic mass is 32.1. The van der Waals surface area contributed by atoms with Gasteiger partial charge in [-0.1, -0.05) is 68.1 Å². The minimum Gasteiger partial charge on any atom is -0.444 e. The van der Waals surface area contributed by atoms with Crippen molar-refractivity contribution >= 4 is 53.1 Å². The zero-order valence-corrected chi connectivity index (χ0v) is 24.3. The third-order valence-corrected chi connectivity index (χ3v) is 7.22. The second-order valence-corrected chi connectivity index (χ2v) is 11.6. The molecule has 4 atom stereocenters. The number of hydrogen-bond acceptors (Lipinski definition) is 5. The van der Waals surface area contributed by atoms with Crippen molar-refractivity contribution in [3.63, 3.8) is 0 Å². The maximum atomic E-state index is 14.1. The van der Waals surface area contributed by atoms with Gasteiger partial charge in [0.1, 0.15) is 17.7 Å². The van der Waals surface area contributed by atoms with Crippen LogP contribution in [0.4, 0.5) is 10.5 Å². The summed E-state index contributed by atoms with van der Waals surface area (Å²) in [6.45, 7) is 11.2. The summed E-state index contributed by atoms with van der Waals surface area (Å²) >= 11 is 4.37. The number of fused-ring (bicyclic) bond motifs is 1. The molecule has 1 fully saturated rings. The van der Waals surface area contributed by atoms with Gasteiger partial charge in [-0.2, -0.15) is 12.6 Å². The number of benzene rings is 3. The fourth-order valence-corrected chi connectivity index (χ4v) is 5.01. The average Bonchev–Trinajstić information content (AvgIpc) is 3.64. The van der Waals surface area contributed by atoms with Crippen LogP contribution in [0.5, 0.6) is 0 Å². The number of thiol groups is 1. The van der Waals surface area contributed by atoms with Crippen molar-refractivity contribution in [1.82, 2.24) is 10.2 Å². The van der Waals surface area contributed by atoms with Crippen LogP contribution in [0.1, 0.15) is 51.3 Å². The predicted octanol–water partition coefficient (Wildman–Crippen LogP) is 6.22. The molecule has 0 aromatic heterocycles. The van der Waals surface area contributed by atoms with Crippen molar-refractivity contribution in [1.29, 1.82) is 0 Å². The van der Waals surface area contributed by atoms with Crippen molar-refractivity contribution < 1.29 is 19.1 Å². The summed E-state index contributed by atoms with van der Waals surface area (Å²) in [6, 6.07) is 18.9. The van der Waals surface area contributed by atoms with E-state index in [1.54, 1.807) is 31.7 Å². The number of anilines is 1. The monoisotopic (exact) mass is 559 g/mol. The van der Waals surface area contributed by atoms with E-state index in [1.807, 2.05) is 73.7 Å². The first kappa shape index (κ1) is 29.2. The summed E-state index contributed by atoms with van der Waals surface area (Å²) in [5, 5.41) is 7.75. The molecule has 0 bridgehead atoms. The van der Waals surface area contributed by atoms with Crippen LogP contribution in [0.3, 0.4) is 0 Å². The number of amides is 3. The summed E-state index contributed by atoms with van der Waals surface area (Å²) in [7, 11) is 0. The number of carbonyl (C=O) groups excluding carboxylic acids is 3. The van der Waals surface area contributed by atoms with Crippen LogP contribution in [-0.2, 0) is 14.3 Å². The van der Waals surface area contributed by atoms with E-state index in [2.05, 4.69) is 29.8 Å². The third kappa shape index (κ3) is 7.04. The molecule has 1 aliphatic rings. The molecule has 210 valence electrons. The lowest BCUT2D eigenvalue weighted by atomic mass is 9.99. The average molecular weight is 560 g/mol. The summed E-state index contributed by atoms with van der Waals surface area (Å²) in [6.07, 6.45) is 1.74. The van der Waals surface area contributed by atoms with E-state index in [-0.39, 0.29) is 23.6 Å². The number of rotatable bonds is 9. The van der Waals surface area contributed by atoms with Gasteiger partial charge in [-0.25, -0.2) is 4.79 Å². The van der Waals surface area contributed by atoms with Gasteiger partial charge < -0.3 is 20.3 Å². The zero-order valence-electron chi connectivity index (χ0n) is 23.4. The second kappa shape index (κ2) is 12.2. The highest BCUT2D eigenvalue weighted by Crippen LogP contribution is 2.41. The van der Waals surface area contributed by atoms with Crippen LogP contribution in [0.15, 0.2) is 73.3 Å². The standard InChI is InChI=1S/C32H37N3O4S/c1-6-21-10-9-13-24(17-21)28(29(36)33-25-15-14-22-11-7-8-12-23(22)18-25)35(27-16-20(27)2)30(37)26(19-40)34-31(38)39-32(3,4)5/h6-15,17-18,20,26-28,40H,1,16,19H2,2-5H3,(H,33,36)(H,34,38). The van der Waals surface area contributed by atoms with Crippen molar-refractivity contribution in [3.8, 4) is 0 Å². The van der Waals surface area contributed by atoms with Crippen molar-refractivity contribution in [2.75, 3.05) is 11.1 Å². The number of nitrogens with one attached hydrogen (secondary N) is 2. The second-order valence-electron chi connectivity index (χ2n) is 11.2. The van der Waals surface area contributed by atoms with Crippen LogP contribution in [0.2, 0.25) is 0 Å². The van der Waals surface area contributed by atoms with E-state index < -0.39 is 29.7 Å². The molecule has 0 aliphatic heterocycles. The van der Waals surface area contributed by atoms with E-state index in [0.29, 0.717) is 11.3 Å². The number of ether oxygens (including phenoxy) is 1. The molecular weight excluding hydrogens is 522 g/mol. The Labute approximate surface area is 241 Å². The quantitative estimate of drug-likeness (QED) is 0.272. The van der Waals surface area contributed by atoms with Gasteiger partial charge in [-0.3, -0.25) is 9.59 Å². The first-order valence-corrected chi connectivity index (χ1v) is 14.1. The van der Waals surface area contributed by atoms with Gasteiger partial charge in [-0.15, -0.1) is 0 Å². The maximum Gasteiger partial charge on any atom is 0.408 e. The molecule has 0 radical (unpaired) electrons. The summed E-state index contributed by atoms with van der Waals surface area (Å²) in [5.41, 5.74) is 1.38. The molecule has 2 N–H and O–H groups in total. The molecule has 7 nitrogen and oxygen atoms in total. The Bertz CT molecular complexity index is 1420. The summed E-state index contributed by atoms with van der Waals surface area (Å²) < 4.78 is 5.39. The largest absolute Gasteiger partial charge is 0.444 e. The number of nitrogens with zero attached hydrogens (tertiary/aromatic N) is 1. The van der Waals surface area contributed by atoms with E-state index in [1.165, 1.54) is 0 Å². The van der Waals surface area contributed by atoms with Gasteiger partial charge in [0, 0.05) is 17.5 Å². The zero-order chi connectivity index (χ0) is 29.0. The molecule has 4 unspecified atom stereocenters.